The van der Waals surface area contributed by atoms with Gasteiger partial charge in [0, 0.05) is 38.3 Å². The molecule has 1 aliphatic heterocycles. The lowest BCUT2D eigenvalue weighted by Gasteiger charge is -2.32. The molecule has 1 atom stereocenters. The van der Waals surface area contributed by atoms with Gasteiger partial charge >= 0.3 is 5.97 Å². The minimum atomic E-state index is -0.992. The van der Waals surface area contributed by atoms with Gasteiger partial charge in [-0.05, 0) is 37.1 Å². The molecule has 1 amide bonds. The molecule has 6 nitrogen and oxygen atoms in total. The zero-order valence-corrected chi connectivity index (χ0v) is 15.4. The molecule has 0 saturated carbocycles. The maximum absolute atomic E-state index is 12.3. The van der Waals surface area contributed by atoms with Crippen molar-refractivity contribution in [3.05, 3.63) is 35.4 Å². The number of hydrogen-bond acceptors (Lipinski definition) is 4. The maximum atomic E-state index is 12.3. The Labute approximate surface area is 149 Å². The lowest BCUT2D eigenvalue weighted by Crippen LogP contribution is -2.43. The molecule has 0 aliphatic carbocycles. The number of benzene rings is 1. The van der Waals surface area contributed by atoms with E-state index in [-0.39, 0.29) is 11.8 Å². The maximum Gasteiger partial charge on any atom is 0.326 e. The molecule has 6 heteroatoms. The lowest BCUT2D eigenvalue weighted by atomic mass is 10.0. The highest BCUT2D eigenvalue weighted by Gasteiger charge is 2.21. The van der Waals surface area contributed by atoms with Crippen molar-refractivity contribution >= 4 is 11.9 Å². The quantitative estimate of drug-likeness (QED) is 0.785. The molecule has 1 aromatic rings. The molecule has 2 N–H and O–H groups in total. The topological polar surface area (TPSA) is 72.9 Å². The van der Waals surface area contributed by atoms with Crippen LogP contribution in [-0.2, 0) is 11.3 Å². The van der Waals surface area contributed by atoms with Gasteiger partial charge in [-0.2, -0.15) is 0 Å². The van der Waals surface area contributed by atoms with Crippen LogP contribution in [-0.4, -0.2) is 66.1 Å². The Balaban J connectivity index is 1.92. The number of carboxylic acids is 1. The summed E-state index contributed by atoms with van der Waals surface area (Å²) >= 11 is 0. The van der Waals surface area contributed by atoms with Gasteiger partial charge in [-0.3, -0.25) is 9.69 Å². The molecule has 138 valence electrons. The van der Waals surface area contributed by atoms with Gasteiger partial charge in [0.1, 0.15) is 6.04 Å². The molecule has 1 aromatic carbocycles. The van der Waals surface area contributed by atoms with E-state index in [1.54, 1.807) is 12.1 Å². The van der Waals surface area contributed by atoms with Crippen molar-refractivity contribution in [2.75, 3.05) is 33.2 Å². The fraction of sp³-hybridized carbons (Fsp3) is 0.579. The number of hydrogen-bond donors (Lipinski definition) is 2. The number of carboxylic acid groups (broad SMARTS) is 1. The highest BCUT2D eigenvalue weighted by molar-refractivity contribution is 5.96. The standard InChI is InChI=1S/C19H29N3O3/c1-14(2)12-17(19(24)25)20-18(23)16-6-4-15(5-7-16)13-22-10-8-21(3)9-11-22/h4-7,14,17H,8-13H2,1-3H3,(H,20,23)(H,24,25)/t17-/m0/s1. The molecular weight excluding hydrogens is 318 g/mol. The molecule has 2 rings (SSSR count). The summed E-state index contributed by atoms with van der Waals surface area (Å²) in [5.41, 5.74) is 1.66. The Morgan fingerprint density at radius 1 is 1.12 bits per heavy atom. The number of aliphatic carboxylic acids is 1. The third kappa shape index (κ3) is 6.14. The van der Waals surface area contributed by atoms with E-state index in [0.29, 0.717) is 12.0 Å². The monoisotopic (exact) mass is 347 g/mol. The van der Waals surface area contributed by atoms with Crippen molar-refractivity contribution in [1.82, 2.24) is 15.1 Å². The number of likely N-dealkylation sites (N-methyl/N-ethyl adjacent to an activating group) is 1. The van der Waals surface area contributed by atoms with Crippen molar-refractivity contribution in [3.8, 4) is 0 Å². The van der Waals surface area contributed by atoms with Crippen molar-refractivity contribution in [2.24, 2.45) is 5.92 Å². The van der Waals surface area contributed by atoms with E-state index in [4.69, 9.17) is 0 Å². The Hall–Kier alpha value is -1.92. The zero-order chi connectivity index (χ0) is 18.4. The molecule has 1 fully saturated rings. The first kappa shape index (κ1) is 19.4. The van der Waals surface area contributed by atoms with Gasteiger partial charge in [0.25, 0.3) is 5.91 Å². The smallest absolute Gasteiger partial charge is 0.326 e. The minimum Gasteiger partial charge on any atom is -0.480 e. The number of piperazine rings is 1. The van der Waals surface area contributed by atoms with Crippen LogP contribution in [0.5, 0.6) is 0 Å². The van der Waals surface area contributed by atoms with Crippen LogP contribution in [0, 0.1) is 5.92 Å². The van der Waals surface area contributed by atoms with E-state index in [0.717, 1.165) is 38.3 Å². The molecule has 0 bridgehead atoms. The lowest BCUT2D eigenvalue weighted by molar-refractivity contribution is -0.139. The SMILES string of the molecule is CC(C)C[C@H](NC(=O)c1ccc(CN2CCN(C)CC2)cc1)C(=O)O. The number of carbonyl (C=O) groups is 2. The van der Waals surface area contributed by atoms with Crippen molar-refractivity contribution < 1.29 is 14.7 Å². The Morgan fingerprint density at radius 2 is 1.72 bits per heavy atom. The number of amides is 1. The first-order chi connectivity index (χ1) is 11.8. The van der Waals surface area contributed by atoms with Crippen LogP contribution < -0.4 is 5.32 Å². The second kappa shape index (κ2) is 8.97. The summed E-state index contributed by atoms with van der Waals surface area (Å²) in [5, 5.41) is 11.9. The van der Waals surface area contributed by atoms with Gasteiger partial charge in [0.2, 0.25) is 0 Å². The normalized spacial score (nSPS) is 17.4. The Kier molecular flexibility index (Phi) is 6.96. The summed E-state index contributed by atoms with van der Waals surface area (Å²) < 4.78 is 0. The number of nitrogens with zero attached hydrogens (tertiary/aromatic N) is 2. The highest BCUT2D eigenvalue weighted by Crippen LogP contribution is 2.11. The largest absolute Gasteiger partial charge is 0.480 e. The van der Waals surface area contributed by atoms with Crippen LogP contribution in [0.25, 0.3) is 0 Å². The molecule has 0 unspecified atom stereocenters. The summed E-state index contributed by atoms with van der Waals surface area (Å²) in [6.07, 6.45) is 0.419. The van der Waals surface area contributed by atoms with E-state index in [1.807, 2.05) is 26.0 Å². The number of nitrogens with one attached hydrogen (secondary N) is 1. The van der Waals surface area contributed by atoms with Crippen molar-refractivity contribution in [3.63, 3.8) is 0 Å². The zero-order valence-electron chi connectivity index (χ0n) is 15.4. The summed E-state index contributed by atoms with van der Waals surface area (Å²) in [4.78, 5) is 28.3. The van der Waals surface area contributed by atoms with E-state index < -0.39 is 12.0 Å². The fourth-order valence-corrected chi connectivity index (χ4v) is 2.96. The number of carbonyl (C=O) groups excluding carboxylic acids is 1. The van der Waals surface area contributed by atoms with Gasteiger partial charge in [-0.25, -0.2) is 4.79 Å². The Morgan fingerprint density at radius 3 is 2.24 bits per heavy atom. The van der Waals surface area contributed by atoms with Crippen LogP contribution >= 0.6 is 0 Å². The predicted molar refractivity (Wildman–Crippen MR) is 97.6 cm³/mol. The second-order valence-corrected chi connectivity index (χ2v) is 7.27. The van der Waals surface area contributed by atoms with Gasteiger partial charge < -0.3 is 15.3 Å². The van der Waals surface area contributed by atoms with Crippen molar-refractivity contribution in [1.29, 1.82) is 0 Å². The van der Waals surface area contributed by atoms with E-state index in [1.165, 1.54) is 0 Å². The molecule has 0 radical (unpaired) electrons. The van der Waals surface area contributed by atoms with E-state index >= 15 is 0 Å². The Bertz CT molecular complexity index is 578. The molecule has 0 spiro atoms. The predicted octanol–water partition coefficient (Wildman–Crippen LogP) is 1.66. The van der Waals surface area contributed by atoms with Crippen LogP contribution in [0.15, 0.2) is 24.3 Å². The molecule has 1 aliphatic rings. The fourth-order valence-electron chi connectivity index (χ4n) is 2.96. The number of rotatable bonds is 7. The summed E-state index contributed by atoms with van der Waals surface area (Å²) in [6, 6.07) is 6.60. The minimum absolute atomic E-state index is 0.201. The molecule has 1 saturated heterocycles. The van der Waals surface area contributed by atoms with E-state index in [2.05, 4.69) is 22.2 Å². The first-order valence-corrected chi connectivity index (χ1v) is 8.88. The molecule has 0 aromatic heterocycles. The summed E-state index contributed by atoms with van der Waals surface area (Å²) in [7, 11) is 2.13. The molecule has 1 heterocycles. The van der Waals surface area contributed by atoms with Crippen molar-refractivity contribution in [2.45, 2.75) is 32.9 Å². The summed E-state index contributed by atoms with van der Waals surface area (Å²) in [6.45, 7) is 9.01. The average Bonchev–Trinajstić information content (AvgIpc) is 2.56. The van der Waals surface area contributed by atoms with Crippen LogP contribution in [0.4, 0.5) is 0 Å². The van der Waals surface area contributed by atoms with Gasteiger partial charge in [-0.15, -0.1) is 0 Å². The average molecular weight is 347 g/mol. The van der Waals surface area contributed by atoms with Gasteiger partial charge in [0.05, 0.1) is 0 Å². The van der Waals surface area contributed by atoms with E-state index in [9.17, 15) is 14.7 Å². The van der Waals surface area contributed by atoms with Crippen LogP contribution in [0.1, 0.15) is 36.2 Å². The van der Waals surface area contributed by atoms with Crippen LogP contribution in [0.2, 0.25) is 0 Å². The highest BCUT2D eigenvalue weighted by atomic mass is 16.4. The summed E-state index contributed by atoms with van der Waals surface area (Å²) in [5.74, 6) is -1.12. The van der Waals surface area contributed by atoms with Gasteiger partial charge in [0.15, 0.2) is 0 Å². The molecule has 25 heavy (non-hydrogen) atoms. The van der Waals surface area contributed by atoms with Crippen LogP contribution in [0.3, 0.4) is 0 Å². The third-order valence-corrected chi connectivity index (χ3v) is 4.53. The first-order valence-electron chi connectivity index (χ1n) is 8.88. The second-order valence-electron chi connectivity index (χ2n) is 7.27. The molecular formula is C19H29N3O3. The third-order valence-electron chi connectivity index (χ3n) is 4.53. The van der Waals surface area contributed by atoms with Gasteiger partial charge in [-0.1, -0.05) is 26.0 Å².